The van der Waals surface area contributed by atoms with Gasteiger partial charge in [-0.1, -0.05) is 70.5 Å². The van der Waals surface area contributed by atoms with Gasteiger partial charge in [0.15, 0.2) is 0 Å². The van der Waals surface area contributed by atoms with Crippen molar-refractivity contribution < 1.29 is 18.0 Å². The highest BCUT2D eigenvalue weighted by molar-refractivity contribution is 9.10. The van der Waals surface area contributed by atoms with E-state index in [0.29, 0.717) is 18.5 Å². The molecule has 0 aliphatic rings. The summed E-state index contributed by atoms with van der Waals surface area (Å²) in [6.45, 7) is 8.03. The molecule has 7 nitrogen and oxygen atoms in total. The Morgan fingerprint density at radius 3 is 2.22 bits per heavy atom. The molecular formula is C32H40BrN3O4S. The topological polar surface area (TPSA) is 86.8 Å². The highest BCUT2D eigenvalue weighted by atomic mass is 79.9. The van der Waals surface area contributed by atoms with E-state index < -0.39 is 16.1 Å². The molecule has 2 amide bonds. The minimum atomic E-state index is -3.57. The monoisotopic (exact) mass is 641 g/mol. The Morgan fingerprint density at radius 1 is 0.927 bits per heavy atom. The fourth-order valence-corrected chi connectivity index (χ4v) is 6.22. The molecule has 0 unspecified atom stereocenters. The molecule has 3 aromatic carbocycles. The Bertz CT molecular complexity index is 1440. The largest absolute Gasteiger partial charge is 0.352 e. The van der Waals surface area contributed by atoms with Crippen LogP contribution in [0.4, 0.5) is 5.69 Å². The van der Waals surface area contributed by atoms with Crippen molar-refractivity contribution in [2.45, 2.75) is 65.6 Å². The molecule has 9 heteroatoms. The van der Waals surface area contributed by atoms with Crippen molar-refractivity contribution in [1.82, 2.24) is 10.2 Å². The van der Waals surface area contributed by atoms with Crippen molar-refractivity contribution in [1.29, 1.82) is 0 Å². The summed E-state index contributed by atoms with van der Waals surface area (Å²) in [5.41, 5.74) is 4.32. The van der Waals surface area contributed by atoms with Crippen molar-refractivity contribution >= 4 is 43.5 Å². The molecule has 0 bridgehead atoms. The van der Waals surface area contributed by atoms with Gasteiger partial charge in [0.1, 0.15) is 6.04 Å². The number of amides is 2. The number of aryl methyl sites for hydroxylation is 1. The van der Waals surface area contributed by atoms with Crippen LogP contribution < -0.4 is 9.62 Å². The van der Waals surface area contributed by atoms with Gasteiger partial charge in [-0.2, -0.15) is 0 Å². The van der Waals surface area contributed by atoms with Crippen LogP contribution in [0.3, 0.4) is 0 Å². The quantitative estimate of drug-likeness (QED) is 0.256. The van der Waals surface area contributed by atoms with Crippen LogP contribution in [0.25, 0.3) is 0 Å². The molecule has 0 aromatic heterocycles. The molecule has 3 rings (SSSR count). The first-order chi connectivity index (χ1) is 19.4. The first-order valence-electron chi connectivity index (χ1n) is 13.8. The number of anilines is 1. The number of rotatable bonds is 13. The zero-order valence-electron chi connectivity index (χ0n) is 24.4. The molecule has 0 aliphatic carbocycles. The van der Waals surface area contributed by atoms with Crippen LogP contribution in [0, 0.1) is 13.8 Å². The number of nitrogens with zero attached hydrogens (tertiary/aromatic N) is 2. The van der Waals surface area contributed by atoms with Gasteiger partial charge in [-0.15, -0.1) is 0 Å². The highest BCUT2D eigenvalue weighted by Crippen LogP contribution is 2.26. The molecule has 41 heavy (non-hydrogen) atoms. The van der Waals surface area contributed by atoms with Gasteiger partial charge < -0.3 is 10.2 Å². The number of hydrogen-bond donors (Lipinski definition) is 1. The van der Waals surface area contributed by atoms with Crippen LogP contribution in [0.15, 0.2) is 77.3 Å². The molecule has 0 spiro atoms. The zero-order chi connectivity index (χ0) is 30.2. The first kappa shape index (κ1) is 32.3. The molecule has 0 heterocycles. The second kappa shape index (κ2) is 14.6. The summed E-state index contributed by atoms with van der Waals surface area (Å²) in [5.74, 6) is -0.431. The average Bonchev–Trinajstić information content (AvgIpc) is 2.90. The van der Waals surface area contributed by atoms with Crippen LogP contribution in [0.1, 0.15) is 48.9 Å². The van der Waals surface area contributed by atoms with E-state index in [1.165, 1.54) is 10.6 Å². The molecular weight excluding hydrogens is 602 g/mol. The Balaban J connectivity index is 1.90. The molecule has 0 radical (unpaired) electrons. The van der Waals surface area contributed by atoms with Crippen molar-refractivity contribution in [3.63, 3.8) is 0 Å². The summed E-state index contributed by atoms with van der Waals surface area (Å²) in [7, 11) is -3.57. The third kappa shape index (κ3) is 9.43. The van der Waals surface area contributed by atoms with Crippen LogP contribution >= 0.6 is 15.9 Å². The molecule has 0 saturated heterocycles. The number of benzene rings is 3. The van der Waals surface area contributed by atoms with E-state index >= 15 is 0 Å². The Hall–Kier alpha value is -3.17. The van der Waals surface area contributed by atoms with Gasteiger partial charge in [-0.05, 0) is 74.6 Å². The Labute approximate surface area is 253 Å². The minimum Gasteiger partial charge on any atom is -0.352 e. The molecule has 3 aromatic rings. The number of carbonyl (C=O) groups excluding carboxylic acids is 2. The maximum atomic E-state index is 13.9. The van der Waals surface area contributed by atoms with Crippen molar-refractivity contribution in [2.24, 2.45) is 0 Å². The maximum absolute atomic E-state index is 13.9. The lowest BCUT2D eigenvalue weighted by atomic mass is 10.0. The average molecular weight is 643 g/mol. The zero-order valence-corrected chi connectivity index (χ0v) is 26.8. The van der Waals surface area contributed by atoms with E-state index in [1.54, 1.807) is 11.0 Å². The van der Waals surface area contributed by atoms with Crippen LogP contribution in [0.2, 0.25) is 0 Å². The van der Waals surface area contributed by atoms with Crippen molar-refractivity contribution in [3.05, 3.63) is 99.5 Å². The van der Waals surface area contributed by atoms with E-state index in [-0.39, 0.29) is 37.4 Å². The predicted octanol–water partition coefficient (Wildman–Crippen LogP) is 5.78. The number of hydrogen-bond acceptors (Lipinski definition) is 4. The van der Waals surface area contributed by atoms with Gasteiger partial charge in [0.25, 0.3) is 0 Å². The lowest BCUT2D eigenvalue weighted by Crippen LogP contribution is -2.51. The summed E-state index contributed by atoms with van der Waals surface area (Å²) < 4.78 is 27.8. The lowest BCUT2D eigenvalue weighted by molar-refractivity contribution is -0.141. The Morgan fingerprint density at radius 2 is 1.59 bits per heavy atom. The molecule has 1 N–H and O–H groups in total. The van der Waals surface area contributed by atoms with Crippen molar-refractivity contribution in [3.8, 4) is 0 Å². The van der Waals surface area contributed by atoms with E-state index in [4.69, 9.17) is 0 Å². The van der Waals surface area contributed by atoms with E-state index in [2.05, 4.69) is 21.2 Å². The summed E-state index contributed by atoms with van der Waals surface area (Å²) in [5, 5.41) is 2.99. The van der Waals surface area contributed by atoms with Gasteiger partial charge in [-0.3, -0.25) is 13.9 Å². The fourth-order valence-electron chi connectivity index (χ4n) is 4.75. The molecule has 1 atom stereocenters. The van der Waals surface area contributed by atoms with Gasteiger partial charge in [0, 0.05) is 36.4 Å². The minimum absolute atomic E-state index is 0.0884. The lowest BCUT2D eigenvalue weighted by Gasteiger charge is -2.32. The van der Waals surface area contributed by atoms with E-state index in [9.17, 15) is 18.0 Å². The van der Waals surface area contributed by atoms with Gasteiger partial charge in [0.2, 0.25) is 21.8 Å². The normalized spacial score (nSPS) is 12.2. The van der Waals surface area contributed by atoms with Crippen LogP contribution in [-0.2, 0) is 32.6 Å². The number of nitrogens with one attached hydrogen (secondary N) is 1. The van der Waals surface area contributed by atoms with Crippen LogP contribution in [-0.4, -0.2) is 50.0 Å². The summed E-state index contributed by atoms with van der Waals surface area (Å²) in [6, 6.07) is 22.1. The summed E-state index contributed by atoms with van der Waals surface area (Å²) in [4.78, 5) is 29.1. The standard InChI is InChI=1S/C32H40BrN3O4S/c1-23(2)34-32(38)30(21-26-13-7-6-8-14-26)35(22-27-15-10-16-28(33)20-27)31(37)18-11-19-36(41(5,39)40)29-17-9-12-24(3)25(29)4/h6-10,12-17,20,23,30H,11,18-19,21-22H2,1-5H3,(H,34,38)/t30-/m0/s1. The van der Waals surface area contributed by atoms with E-state index in [0.717, 1.165) is 26.7 Å². The molecule has 0 aliphatic heterocycles. The molecule has 0 fully saturated rings. The van der Waals surface area contributed by atoms with Gasteiger partial charge in [-0.25, -0.2) is 8.42 Å². The Kier molecular flexibility index (Phi) is 11.5. The second-order valence-electron chi connectivity index (χ2n) is 10.7. The van der Waals surface area contributed by atoms with Gasteiger partial charge >= 0.3 is 0 Å². The fraction of sp³-hybridized carbons (Fsp3) is 0.375. The molecule has 0 saturated carbocycles. The number of sulfonamides is 1. The van der Waals surface area contributed by atoms with E-state index in [1.807, 2.05) is 94.4 Å². The SMILES string of the molecule is Cc1cccc(N(CCCC(=O)N(Cc2cccc(Br)c2)[C@@H](Cc2ccccc2)C(=O)NC(C)C)S(C)(=O)=O)c1C. The van der Waals surface area contributed by atoms with Crippen LogP contribution in [0.5, 0.6) is 0 Å². The third-order valence-corrected chi connectivity index (χ3v) is 8.61. The maximum Gasteiger partial charge on any atom is 0.243 e. The summed E-state index contributed by atoms with van der Waals surface area (Å²) >= 11 is 3.51. The third-order valence-electron chi connectivity index (χ3n) is 6.94. The predicted molar refractivity (Wildman–Crippen MR) is 169 cm³/mol. The smallest absolute Gasteiger partial charge is 0.243 e. The number of carbonyl (C=O) groups is 2. The first-order valence-corrected chi connectivity index (χ1v) is 16.4. The highest BCUT2D eigenvalue weighted by Gasteiger charge is 2.31. The number of halogens is 1. The second-order valence-corrected chi connectivity index (χ2v) is 13.5. The van der Waals surface area contributed by atoms with Crippen molar-refractivity contribution in [2.75, 3.05) is 17.1 Å². The summed E-state index contributed by atoms with van der Waals surface area (Å²) in [6.07, 6.45) is 1.93. The molecule has 220 valence electrons. The van der Waals surface area contributed by atoms with Gasteiger partial charge in [0.05, 0.1) is 11.9 Å².